The molecule has 1 unspecified atom stereocenters. The van der Waals surface area contributed by atoms with Crippen molar-refractivity contribution in [3.05, 3.63) is 12.3 Å². The molecule has 0 aliphatic carbocycles. The first-order chi connectivity index (χ1) is 5.47. The van der Waals surface area contributed by atoms with E-state index in [1.807, 2.05) is 0 Å². The normalized spacial score (nSPS) is 31.3. The summed E-state index contributed by atoms with van der Waals surface area (Å²) < 4.78 is 0. The average Bonchev–Trinajstić information content (AvgIpc) is 2.28. The Labute approximate surface area is 68.3 Å². The van der Waals surface area contributed by atoms with Crippen LogP contribution in [0.25, 0.3) is 0 Å². The standard InChI is InChI=1S/C9H16N2/c1-2-6-11-7-3-5-10-8-9(11)4-1/h2,6,9-10H,1,3-5,7-8H2. The van der Waals surface area contributed by atoms with Gasteiger partial charge in [0.15, 0.2) is 0 Å². The quantitative estimate of drug-likeness (QED) is 0.556. The fourth-order valence-electron chi connectivity index (χ4n) is 1.92. The van der Waals surface area contributed by atoms with Crippen LogP contribution in [0.2, 0.25) is 0 Å². The molecule has 1 atom stereocenters. The van der Waals surface area contributed by atoms with Crippen LogP contribution in [0.3, 0.4) is 0 Å². The summed E-state index contributed by atoms with van der Waals surface area (Å²) in [6.45, 7) is 3.62. The number of allylic oxidation sites excluding steroid dienone is 1. The lowest BCUT2D eigenvalue weighted by Gasteiger charge is -2.31. The number of hydrogen-bond donors (Lipinski definition) is 1. The summed E-state index contributed by atoms with van der Waals surface area (Å²) in [5.74, 6) is 0. The third-order valence-electron chi connectivity index (χ3n) is 2.58. The molecule has 0 radical (unpaired) electrons. The van der Waals surface area contributed by atoms with Crippen LogP contribution in [0.1, 0.15) is 19.3 Å². The molecule has 0 amide bonds. The zero-order valence-corrected chi connectivity index (χ0v) is 6.92. The molecule has 0 aromatic rings. The van der Waals surface area contributed by atoms with Crippen LogP contribution in [-0.2, 0) is 0 Å². The van der Waals surface area contributed by atoms with Crippen LogP contribution in [0.4, 0.5) is 0 Å². The van der Waals surface area contributed by atoms with Gasteiger partial charge in [-0.25, -0.2) is 0 Å². The van der Waals surface area contributed by atoms with Crippen molar-refractivity contribution < 1.29 is 0 Å². The summed E-state index contributed by atoms with van der Waals surface area (Å²) in [5, 5.41) is 3.47. The molecule has 1 fully saturated rings. The van der Waals surface area contributed by atoms with E-state index in [0.29, 0.717) is 0 Å². The van der Waals surface area contributed by atoms with E-state index in [0.717, 1.165) is 6.04 Å². The van der Waals surface area contributed by atoms with E-state index in [-0.39, 0.29) is 0 Å². The van der Waals surface area contributed by atoms with E-state index in [1.165, 1.54) is 38.9 Å². The highest BCUT2D eigenvalue weighted by Crippen LogP contribution is 2.15. The summed E-state index contributed by atoms with van der Waals surface area (Å²) in [4.78, 5) is 2.49. The van der Waals surface area contributed by atoms with Gasteiger partial charge in [0.2, 0.25) is 0 Å². The molecule has 2 rings (SSSR count). The van der Waals surface area contributed by atoms with Crippen LogP contribution in [0.5, 0.6) is 0 Å². The van der Waals surface area contributed by atoms with Crippen molar-refractivity contribution in [3.8, 4) is 0 Å². The largest absolute Gasteiger partial charge is 0.373 e. The van der Waals surface area contributed by atoms with Crippen LogP contribution >= 0.6 is 0 Å². The van der Waals surface area contributed by atoms with Crippen molar-refractivity contribution in [2.75, 3.05) is 19.6 Å². The lowest BCUT2D eigenvalue weighted by Crippen LogP contribution is -2.37. The molecule has 1 saturated heterocycles. The second kappa shape index (κ2) is 3.26. The molecule has 0 aromatic carbocycles. The van der Waals surface area contributed by atoms with Gasteiger partial charge in [-0.3, -0.25) is 0 Å². The molecule has 1 N–H and O–H groups in total. The summed E-state index contributed by atoms with van der Waals surface area (Å²) in [7, 11) is 0. The Kier molecular flexibility index (Phi) is 2.13. The van der Waals surface area contributed by atoms with Gasteiger partial charge in [-0.05, 0) is 32.0 Å². The summed E-state index contributed by atoms with van der Waals surface area (Å²) >= 11 is 0. The average molecular weight is 152 g/mol. The summed E-state index contributed by atoms with van der Waals surface area (Å²) in [5.41, 5.74) is 0. The van der Waals surface area contributed by atoms with E-state index < -0.39 is 0 Å². The number of fused-ring (bicyclic) bond motifs is 1. The Hall–Kier alpha value is -0.500. The molecule has 2 aliphatic rings. The highest BCUT2D eigenvalue weighted by molar-refractivity contribution is 4.95. The lowest BCUT2D eigenvalue weighted by atomic mass is 10.1. The van der Waals surface area contributed by atoms with Gasteiger partial charge in [0.1, 0.15) is 0 Å². The first-order valence-corrected chi connectivity index (χ1v) is 4.60. The van der Waals surface area contributed by atoms with E-state index in [4.69, 9.17) is 0 Å². The molecule has 2 heterocycles. The zero-order valence-electron chi connectivity index (χ0n) is 6.92. The van der Waals surface area contributed by atoms with Crippen LogP contribution in [0, 0.1) is 0 Å². The third-order valence-corrected chi connectivity index (χ3v) is 2.58. The van der Waals surface area contributed by atoms with Gasteiger partial charge < -0.3 is 10.2 Å². The molecule has 0 saturated carbocycles. The molecule has 11 heavy (non-hydrogen) atoms. The smallest absolute Gasteiger partial charge is 0.0411 e. The summed E-state index contributed by atoms with van der Waals surface area (Å²) in [6.07, 6.45) is 8.47. The van der Waals surface area contributed by atoms with Crippen molar-refractivity contribution in [2.45, 2.75) is 25.3 Å². The van der Waals surface area contributed by atoms with Gasteiger partial charge in [-0.15, -0.1) is 0 Å². The Bertz CT molecular complexity index is 154. The Morgan fingerprint density at radius 2 is 2.45 bits per heavy atom. The molecule has 0 spiro atoms. The molecular formula is C9H16N2. The Morgan fingerprint density at radius 3 is 3.45 bits per heavy atom. The predicted molar refractivity (Wildman–Crippen MR) is 46.4 cm³/mol. The fourth-order valence-corrected chi connectivity index (χ4v) is 1.92. The number of nitrogens with one attached hydrogen (secondary N) is 1. The maximum absolute atomic E-state index is 3.47. The first kappa shape index (κ1) is 7.17. The Morgan fingerprint density at radius 1 is 1.45 bits per heavy atom. The minimum atomic E-state index is 0.780. The molecule has 0 aromatic heterocycles. The monoisotopic (exact) mass is 152 g/mol. The fraction of sp³-hybridized carbons (Fsp3) is 0.778. The Balaban J connectivity index is 2.02. The third kappa shape index (κ3) is 1.56. The molecule has 0 bridgehead atoms. The van der Waals surface area contributed by atoms with Gasteiger partial charge in [0, 0.05) is 19.1 Å². The lowest BCUT2D eigenvalue weighted by molar-refractivity contribution is 0.265. The summed E-state index contributed by atoms with van der Waals surface area (Å²) in [6, 6.07) is 0.780. The van der Waals surface area contributed by atoms with Crippen molar-refractivity contribution in [1.82, 2.24) is 10.2 Å². The SMILES string of the molecule is C1=CN2CCCNCC2CC1. The zero-order chi connectivity index (χ0) is 7.52. The van der Waals surface area contributed by atoms with E-state index in [1.54, 1.807) is 0 Å². The van der Waals surface area contributed by atoms with Crippen molar-refractivity contribution in [1.29, 1.82) is 0 Å². The first-order valence-electron chi connectivity index (χ1n) is 4.60. The van der Waals surface area contributed by atoms with Crippen LogP contribution < -0.4 is 5.32 Å². The van der Waals surface area contributed by atoms with Gasteiger partial charge in [-0.1, -0.05) is 6.08 Å². The highest BCUT2D eigenvalue weighted by atomic mass is 15.2. The number of hydrogen-bond acceptors (Lipinski definition) is 2. The van der Waals surface area contributed by atoms with Crippen LogP contribution in [0.15, 0.2) is 12.3 Å². The maximum Gasteiger partial charge on any atom is 0.0411 e. The second-order valence-electron chi connectivity index (χ2n) is 3.41. The van der Waals surface area contributed by atoms with Gasteiger partial charge in [-0.2, -0.15) is 0 Å². The van der Waals surface area contributed by atoms with Gasteiger partial charge in [0.05, 0.1) is 0 Å². The molecule has 62 valence electrons. The number of rotatable bonds is 0. The minimum absolute atomic E-state index is 0.780. The van der Waals surface area contributed by atoms with E-state index >= 15 is 0 Å². The molecule has 2 aliphatic heterocycles. The number of nitrogens with zero attached hydrogens (tertiary/aromatic N) is 1. The van der Waals surface area contributed by atoms with Crippen molar-refractivity contribution in [2.24, 2.45) is 0 Å². The predicted octanol–water partition coefficient (Wildman–Crippen LogP) is 0.958. The molecular weight excluding hydrogens is 136 g/mol. The van der Waals surface area contributed by atoms with Gasteiger partial charge in [0.25, 0.3) is 0 Å². The molecule has 2 nitrogen and oxygen atoms in total. The van der Waals surface area contributed by atoms with Crippen molar-refractivity contribution in [3.63, 3.8) is 0 Å². The van der Waals surface area contributed by atoms with E-state index in [9.17, 15) is 0 Å². The van der Waals surface area contributed by atoms with E-state index in [2.05, 4.69) is 22.5 Å². The molecule has 2 heteroatoms. The minimum Gasteiger partial charge on any atom is -0.373 e. The maximum atomic E-state index is 3.47. The second-order valence-corrected chi connectivity index (χ2v) is 3.41. The topological polar surface area (TPSA) is 15.3 Å². The van der Waals surface area contributed by atoms with Gasteiger partial charge >= 0.3 is 0 Å². The highest BCUT2D eigenvalue weighted by Gasteiger charge is 2.18. The van der Waals surface area contributed by atoms with Crippen molar-refractivity contribution >= 4 is 0 Å². The van der Waals surface area contributed by atoms with Crippen LogP contribution in [-0.4, -0.2) is 30.6 Å².